The Hall–Kier alpha value is -3.95. The predicted octanol–water partition coefficient (Wildman–Crippen LogP) is 4.86. The van der Waals surface area contributed by atoms with E-state index in [0.29, 0.717) is 32.5 Å². The predicted molar refractivity (Wildman–Crippen MR) is 132 cm³/mol. The Balaban J connectivity index is 1.33. The minimum absolute atomic E-state index is 0.0877. The van der Waals surface area contributed by atoms with Crippen LogP contribution >= 0.6 is 11.3 Å². The van der Waals surface area contributed by atoms with Crippen molar-refractivity contribution in [2.24, 2.45) is 0 Å². The first-order valence-corrected chi connectivity index (χ1v) is 11.9. The lowest BCUT2D eigenvalue weighted by Crippen LogP contribution is -2.37. The molecule has 2 aromatic carbocycles. The largest absolute Gasteiger partial charge is 0.457 e. The van der Waals surface area contributed by atoms with Gasteiger partial charge in [0, 0.05) is 18.8 Å². The molecule has 2 aliphatic heterocycles. The summed E-state index contributed by atoms with van der Waals surface area (Å²) in [6.07, 6.45) is 2.55. The Bertz CT molecular complexity index is 1380. The summed E-state index contributed by atoms with van der Waals surface area (Å²) in [7, 11) is 0. The van der Waals surface area contributed by atoms with Crippen molar-refractivity contribution in [2.45, 2.75) is 12.5 Å². The lowest BCUT2D eigenvalue weighted by molar-refractivity contribution is 0.0945. The third kappa shape index (κ3) is 3.64. The third-order valence-corrected chi connectivity index (χ3v) is 7.02. The summed E-state index contributed by atoms with van der Waals surface area (Å²) in [4.78, 5) is 33.4. The number of carbonyl (C=O) groups excluding carboxylic acids is 2. The molecule has 170 valence electrons. The molecule has 6 rings (SSSR count). The number of pyridine rings is 1. The fourth-order valence-electron chi connectivity index (χ4n) is 4.32. The summed E-state index contributed by atoms with van der Waals surface area (Å²) in [5, 5.41) is 10.0. The van der Waals surface area contributed by atoms with Crippen LogP contribution < -0.4 is 25.6 Å². The second-order valence-electron chi connectivity index (χ2n) is 8.15. The molecule has 0 aliphatic carbocycles. The van der Waals surface area contributed by atoms with Crippen LogP contribution in [0.15, 0.2) is 66.9 Å². The Morgan fingerprint density at radius 2 is 1.88 bits per heavy atom. The molecule has 1 saturated heterocycles. The first-order valence-electron chi connectivity index (χ1n) is 11.0. The number of amides is 3. The Morgan fingerprint density at radius 1 is 1.09 bits per heavy atom. The van der Waals surface area contributed by atoms with Crippen LogP contribution in [0.2, 0.25) is 0 Å². The molecule has 34 heavy (non-hydrogen) atoms. The van der Waals surface area contributed by atoms with Crippen molar-refractivity contribution in [3.05, 3.63) is 71.7 Å². The van der Waals surface area contributed by atoms with Gasteiger partial charge in [0.25, 0.3) is 5.91 Å². The molecule has 4 aromatic rings. The van der Waals surface area contributed by atoms with Crippen LogP contribution in [-0.4, -0.2) is 36.1 Å². The van der Waals surface area contributed by atoms with Gasteiger partial charge < -0.3 is 20.7 Å². The molecule has 4 heterocycles. The topological polar surface area (TPSA) is 95.6 Å². The van der Waals surface area contributed by atoms with Crippen LogP contribution in [0.5, 0.6) is 11.5 Å². The lowest BCUT2D eigenvalue weighted by atomic mass is 10.1. The zero-order valence-electron chi connectivity index (χ0n) is 18.1. The van der Waals surface area contributed by atoms with Gasteiger partial charge in [0.1, 0.15) is 21.2 Å². The van der Waals surface area contributed by atoms with E-state index in [2.05, 4.69) is 20.9 Å². The standard InChI is InChI=1S/C25H21N5O3S/c31-23(28-15-10-12-26-14-15)22-21-20-19(11-13-27-24(20)34-22)30(25(32)29-21)16-6-8-18(9-7-16)33-17-4-2-1-3-5-17/h1-9,11,13,15,26H,10,12,14H2,(H,28,31)(H,29,32). The van der Waals surface area contributed by atoms with Gasteiger partial charge >= 0.3 is 6.03 Å². The van der Waals surface area contributed by atoms with E-state index in [4.69, 9.17) is 4.74 Å². The van der Waals surface area contributed by atoms with E-state index in [1.807, 2.05) is 54.6 Å². The van der Waals surface area contributed by atoms with Crippen LogP contribution in [0.3, 0.4) is 0 Å². The summed E-state index contributed by atoms with van der Waals surface area (Å²) in [5.74, 6) is 1.22. The highest BCUT2D eigenvalue weighted by Crippen LogP contribution is 2.45. The van der Waals surface area contributed by atoms with Crippen molar-refractivity contribution >= 4 is 50.6 Å². The van der Waals surface area contributed by atoms with Gasteiger partial charge in [0.05, 0.1) is 22.4 Å². The molecule has 0 bridgehead atoms. The Labute approximate surface area is 199 Å². The van der Waals surface area contributed by atoms with E-state index in [9.17, 15) is 9.59 Å². The number of anilines is 3. The van der Waals surface area contributed by atoms with Crippen LogP contribution in [0.4, 0.5) is 21.9 Å². The number of nitrogens with one attached hydrogen (secondary N) is 3. The molecular formula is C25H21N5O3S. The number of ether oxygens (including phenoxy) is 1. The highest BCUT2D eigenvalue weighted by Gasteiger charge is 2.33. The van der Waals surface area contributed by atoms with Crippen LogP contribution in [0.25, 0.3) is 10.2 Å². The van der Waals surface area contributed by atoms with Gasteiger partial charge in [-0.3, -0.25) is 9.69 Å². The number of urea groups is 1. The first kappa shape index (κ1) is 20.6. The van der Waals surface area contributed by atoms with Crippen LogP contribution in [0, 0.1) is 0 Å². The molecule has 0 spiro atoms. The number of benzene rings is 2. The molecule has 1 fully saturated rings. The number of hydrogen-bond acceptors (Lipinski definition) is 6. The van der Waals surface area contributed by atoms with Crippen molar-refractivity contribution < 1.29 is 14.3 Å². The van der Waals surface area contributed by atoms with Gasteiger partial charge in [-0.05, 0) is 55.4 Å². The average molecular weight is 472 g/mol. The Kier molecular flexibility index (Phi) is 5.12. The highest BCUT2D eigenvalue weighted by atomic mass is 32.1. The molecule has 3 amide bonds. The molecule has 0 radical (unpaired) electrons. The molecule has 9 heteroatoms. The quantitative estimate of drug-likeness (QED) is 0.386. The summed E-state index contributed by atoms with van der Waals surface area (Å²) in [6, 6.07) is 18.4. The molecule has 1 unspecified atom stereocenters. The maximum Gasteiger partial charge on any atom is 0.331 e. The number of aromatic nitrogens is 1. The van der Waals surface area contributed by atoms with E-state index in [1.54, 1.807) is 17.2 Å². The zero-order valence-corrected chi connectivity index (χ0v) is 18.9. The van der Waals surface area contributed by atoms with Gasteiger partial charge in [-0.1, -0.05) is 18.2 Å². The number of thiophene rings is 1. The summed E-state index contributed by atoms with van der Waals surface area (Å²) >= 11 is 1.29. The van der Waals surface area contributed by atoms with Crippen molar-refractivity contribution in [3.63, 3.8) is 0 Å². The third-order valence-electron chi connectivity index (χ3n) is 5.92. The molecule has 3 N–H and O–H groups in total. The van der Waals surface area contributed by atoms with Gasteiger partial charge in [-0.25, -0.2) is 9.78 Å². The number of para-hydroxylation sites is 1. The Morgan fingerprint density at radius 3 is 2.65 bits per heavy atom. The summed E-state index contributed by atoms with van der Waals surface area (Å²) in [6.45, 7) is 1.64. The molecular weight excluding hydrogens is 450 g/mol. The number of rotatable bonds is 5. The van der Waals surface area contributed by atoms with Gasteiger partial charge in [-0.15, -0.1) is 11.3 Å². The summed E-state index contributed by atoms with van der Waals surface area (Å²) in [5.41, 5.74) is 1.90. The van der Waals surface area contributed by atoms with Crippen molar-refractivity contribution in [1.29, 1.82) is 0 Å². The minimum Gasteiger partial charge on any atom is -0.457 e. The van der Waals surface area contributed by atoms with Crippen LogP contribution in [0.1, 0.15) is 16.1 Å². The average Bonchev–Trinajstić information content (AvgIpc) is 3.49. The maximum atomic E-state index is 13.2. The van der Waals surface area contributed by atoms with Crippen LogP contribution in [-0.2, 0) is 0 Å². The van der Waals surface area contributed by atoms with E-state index >= 15 is 0 Å². The smallest absolute Gasteiger partial charge is 0.331 e. The fraction of sp³-hybridized carbons (Fsp3) is 0.160. The van der Waals surface area contributed by atoms with E-state index < -0.39 is 0 Å². The first-order chi connectivity index (χ1) is 16.7. The second-order valence-corrected chi connectivity index (χ2v) is 9.15. The molecule has 1 atom stereocenters. The zero-order chi connectivity index (χ0) is 23.1. The normalized spacial score (nSPS) is 17.0. The number of nitrogens with zero attached hydrogens (tertiary/aromatic N) is 2. The lowest BCUT2D eigenvalue weighted by Gasteiger charge is -2.28. The monoisotopic (exact) mass is 471 g/mol. The summed E-state index contributed by atoms with van der Waals surface area (Å²) < 4.78 is 5.87. The number of carbonyl (C=O) groups is 2. The SMILES string of the molecule is O=C(NC1CCNC1)c1sc2nccc3c2c1NC(=O)N3c1ccc(Oc2ccccc2)cc1. The second kappa shape index (κ2) is 8.44. The highest BCUT2D eigenvalue weighted by molar-refractivity contribution is 7.21. The fourth-order valence-corrected chi connectivity index (χ4v) is 5.34. The van der Waals surface area contributed by atoms with E-state index in [1.165, 1.54) is 11.3 Å². The van der Waals surface area contributed by atoms with Gasteiger partial charge in [0.2, 0.25) is 0 Å². The minimum atomic E-state index is -0.327. The van der Waals surface area contributed by atoms with Gasteiger partial charge in [0.15, 0.2) is 0 Å². The molecule has 0 saturated carbocycles. The van der Waals surface area contributed by atoms with Crippen molar-refractivity contribution in [2.75, 3.05) is 23.3 Å². The number of hydrogen-bond donors (Lipinski definition) is 3. The van der Waals surface area contributed by atoms with Crippen molar-refractivity contribution in [3.8, 4) is 11.5 Å². The maximum absolute atomic E-state index is 13.2. The van der Waals surface area contributed by atoms with E-state index in [0.717, 1.165) is 30.6 Å². The molecule has 2 aromatic heterocycles. The van der Waals surface area contributed by atoms with Crippen molar-refractivity contribution in [1.82, 2.24) is 15.6 Å². The molecule has 8 nitrogen and oxygen atoms in total. The van der Waals surface area contributed by atoms with Gasteiger partial charge in [-0.2, -0.15) is 0 Å². The molecule has 2 aliphatic rings. The van der Waals surface area contributed by atoms with E-state index in [-0.39, 0.29) is 18.0 Å².